The highest BCUT2D eigenvalue weighted by molar-refractivity contribution is 5.76. The van der Waals surface area contributed by atoms with Gasteiger partial charge in [0.15, 0.2) is 0 Å². The fourth-order valence-corrected chi connectivity index (χ4v) is 6.78. The van der Waals surface area contributed by atoms with Crippen LogP contribution in [0.2, 0.25) is 0 Å². The van der Waals surface area contributed by atoms with E-state index in [0.717, 1.165) is 77.0 Å². The van der Waals surface area contributed by atoms with Crippen molar-refractivity contribution in [2.45, 2.75) is 225 Å². The molecule has 0 fully saturated rings. The molecule has 0 heterocycles. The third-order valence-electron chi connectivity index (χ3n) is 10.5. The number of rotatable bonds is 43. The molecule has 2 atom stereocenters. The topological polar surface area (TPSA) is 69.6 Å². The van der Waals surface area contributed by atoms with Crippen LogP contribution in [-0.4, -0.2) is 34.9 Å². The van der Waals surface area contributed by atoms with Gasteiger partial charge in [0.1, 0.15) is 0 Å². The lowest BCUT2D eigenvalue weighted by Gasteiger charge is -2.20. The van der Waals surface area contributed by atoms with Crippen molar-refractivity contribution < 1.29 is 15.0 Å². The average Bonchev–Trinajstić information content (AvgIpc) is 3.24. The minimum Gasteiger partial charge on any atom is -0.394 e. The summed E-state index contributed by atoms with van der Waals surface area (Å²) in [6.07, 6.45) is 75.2. The lowest BCUT2D eigenvalue weighted by Crippen LogP contribution is -2.45. The van der Waals surface area contributed by atoms with Gasteiger partial charge in [0.05, 0.1) is 18.8 Å². The van der Waals surface area contributed by atoms with Crippen LogP contribution in [0, 0.1) is 0 Å². The Labute approximate surface area is 366 Å². The molecule has 0 bridgehead atoms. The summed E-state index contributed by atoms with van der Waals surface area (Å²) < 4.78 is 0. The highest BCUT2D eigenvalue weighted by Gasteiger charge is 2.17. The van der Waals surface area contributed by atoms with E-state index in [-0.39, 0.29) is 12.5 Å². The van der Waals surface area contributed by atoms with Crippen molar-refractivity contribution in [2.75, 3.05) is 6.61 Å². The van der Waals surface area contributed by atoms with Crippen LogP contribution in [-0.2, 0) is 4.79 Å². The molecule has 0 aliphatic heterocycles. The van der Waals surface area contributed by atoms with E-state index < -0.39 is 12.1 Å². The highest BCUT2D eigenvalue weighted by atomic mass is 16.3. The zero-order valence-corrected chi connectivity index (χ0v) is 38.5. The van der Waals surface area contributed by atoms with Crippen molar-refractivity contribution in [1.29, 1.82) is 0 Å². The molecule has 0 aromatic heterocycles. The lowest BCUT2D eigenvalue weighted by molar-refractivity contribution is -0.123. The molecule has 1 amide bonds. The Bertz CT molecular complexity index is 1150. The van der Waals surface area contributed by atoms with Gasteiger partial charge in [-0.1, -0.05) is 232 Å². The number of aliphatic hydroxyl groups is 2. The van der Waals surface area contributed by atoms with Crippen molar-refractivity contribution in [1.82, 2.24) is 5.32 Å². The Morgan fingerprint density at radius 3 is 1.12 bits per heavy atom. The molecule has 336 valence electrons. The van der Waals surface area contributed by atoms with E-state index in [1.807, 2.05) is 6.08 Å². The second kappa shape index (κ2) is 49.4. The molecule has 2 unspecified atom stereocenters. The summed E-state index contributed by atoms with van der Waals surface area (Å²) in [4.78, 5) is 12.3. The molecule has 0 saturated heterocycles. The van der Waals surface area contributed by atoms with E-state index in [4.69, 9.17) is 0 Å². The van der Waals surface area contributed by atoms with Crippen LogP contribution in [0.3, 0.4) is 0 Å². The third kappa shape index (κ3) is 46.0. The van der Waals surface area contributed by atoms with Gasteiger partial charge in [-0.3, -0.25) is 4.79 Å². The minimum absolute atomic E-state index is 0.0726. The molecule has 0 aliphatic carbocycles. The summed E-state index contributed by atoms with van der Waals surface area (Å²) in [5.41, 5.74) is 0. The number of hydrogen-bond acceptors (Lipinski definition) is 3. The summed E-state index contributed by atoms with van der Waals surface area (Å²) in [6.45, 7) is 4.14. The van der Waals surface area contributed by atoms with Gasteiger partial charge in [-0.2, -0.15) is 0 Å². The van der Waals surface area contributed by atoms with E-state index in [1.54, 1.807) is 6.08 Å². The third-order valence-corrected chi connectivity index (χ3v) is 10.5. The van der Waals surface area contributed by atoms with Gasteiger partial charge in [-0.25, -0.2) is 0 Å². The lowest BCUT2D eigenvalue weighted by atomic mass is 10.0. The molecule has 0 spiro atoms. The molecule has 0 saturated carbocycles. The Morgan fingerprint density at radius 2 is 0.746 bits per heavy atom. The molecule has 4 nitrogen and oxygen atoms in total. The Hall–Kier alpha value is -2.95. The predicted octanol–water partition coefficient (Wildman–Crippen LogP) is 16.0. The van der Waals surface area contributed by atoms with Gasteiger partial charge in [0, 0.05) is 6.42 Å². The normalized spacial score (nSPS) is 13.9. The zero-order chi connectivity index (χ0) is 42.8. The van der Waals surface area contributed by atoms with Crippen molar-refractivity contribution in [2.24, 2.45) is 0 Å². The van der Waals surface area contributed by atoms with Gasteiger partial charge in [0.25, 0.3) is 0 Å². The molecule has 59 heavy (non-hydrogen) atoms. The number of carbonyl (C=O) groups is 1. The van der Waals surface area contributed by atoms with Crippen molar-refractivity contribution >= 4 is 5.91 Å². The maximum atomic E-state index is 12.3. The minimum atomic E-state index is -0.841. The summed E-state index contributed by atoms with van der Waals surface area (Å²) in [5.74, 6) is -0.0726. The number of nitrogens with one attached hydrogen (secondary N) is 1. The molecule has 0 rings (SSSR count). The second-order valence-electron chi connectivity index (χ2n) is 16.1. The Balaban J connectivity index is 3.53. The fraction of sp³-hybridized carbons (Fsp3) is 0.655. The number of allylic oxidation sites excluding steroid dienone is 17. The van der Waals surface area contributed by atoms with E-state index in [0.29, 0.717) is 6.42 Å². The first kappa shape index (κ1) is 56.0. The van der Waals surface area contributed by atoms with Crippen LogP contribution >= 0.6 is 0 Å². The van der Waals surface area contributed by atoms with Gasteiger partial charge in [-0.15, -0.1) is 0 Å². The summed E-state index contributed by atoms with van der Waals surface area (Å²) in [5, 5.41) is 22.8. The molecule has 0 aliphatic rings. The van der Waals surface area contributed by atoms with Gasteiger partial charge in [-0.05, 0) is 83.5 Å². The van der Waals surface area contributed by atoms with E-state index >= 15 is 0 Å². The first-order valence-corrected chi connectivity index (χ1v) is 24.6. The second-order valence-corrected chi connectivity index (χ2v) is 16.1. The zero-order valence-electron chi connectivity index (χ0n) is 38.5. The van der Waals surface area contributed by atoms with Crippen molar-refractivity contribution in [3.05, 3.63) is 109 Å². The summed E-state index contributed by atoms with van der Waals surface area (Å²) in [6, 6.07) is -0.625. The maximum Gasteiger partial charge on any atom is 0.220 e. The fourth-order valence-electron chi connectivity index (χ4n) is 6.78. The largest absolute Gasteiger partial charge is 0.394 e. The monoisotopic (exact) mass is 816 g/mol. The maximum absolute atomic E-state index is 12.3. The molecule has 0 aromatic rings. The van der Waals surface area contributed by atoms with Crippen LogP contribution in [0.15, 0.2) is 109 Å². The highest BCUT2D eigenvalue weighted by Crippen LogP contribution is 2.14. The van der Waals surface area contributed by atoms with Gasteiger partial charge >= 0.3 is 0 Å². The molecular formula is C55H93NO3. The van der Waals surface area contributed by atoms with Crippen LogP contribution < -0.4 is 5.32 Å². The Kier molecular flexibility index (Phi) is 46.9. The molecule has 3 N–H and O–H groups in total. The van der Waals surface area contributed by atoms with E-state index in [9.17, 15) is 15.0 Å². The molecule has 0 radical (unpaired) electrons. The van der Waals surface area contributed by atoms with Crippen LogP contribution in [0.25, 0.3) is 0 Å². The smallest absolute Gasteiger partial charge is 0.220 e. The van der Waals surface area contributed by atoms with E-state index in [1.165, 1.54) is 116 Å². The molecule has 0 aromatic carbocycles. The number of unbranched alkanes of at least 4 members (excludes halogenated alkanes) is 20. The molecular weight excluding hydrogens is 723 g/mol. The Morgan fingerprint density at radius 1 is 0.424 bits per heavy atom. The van der Waals surface area contributed by atoms with Crippen LogP contribution in [0.1, 0.15) is 213 Å². The summed E-state index contributed by atoms with van der Waals surface area (Å²) in [7, 11) is 0. The molecule has 4 heteroatoms. The van der Waals surface area contributed by atoms with Crippen LogP contribution in [0.5, 0.6) is 0 Å². The number of carbonyl (C=O) groups excluding carboxylic acids is 1. The van der Waals surface area contributed by atoms with Gasteiger partial charge < -0.3 is 15.5 Å². The first-order chi connectivity index (χ1) is 29.2. The number of amides is 1. The quantitative estimate of drug-likeness (QED) is 0.0424. The standard InChI is InChI=1S/C55H93NO3/c1-3-5-7-9-11-13-14-15-16-17-18-19-20-21-22-23-24-25-26-27-28-29-30-31-32-33-34-35-36-37-38-39-40-41-42-43-45-47-49-51-55(59)56-53(52-57)54(58)50-48-46-44-12-10-8-6-4-2/h5,7,11,13,15-16,18-19,21-22,24-25,27-28,30-31,48,50,53-54,57-58H,3-4,6,8-10,12,14,17,20,23,26,29,32-47,49,51-52H2,1-2H3,(H,56,59)/b7-5-,13-11-,16-15-,19-18-,22-21-,25-24-,28-27-,31-30-,50-48+. The summed E-state index contributed by atoms with van der Waals surface area (Å²) >= 11 is 0. The first-order valence-electron chi connectivity index (χ1n) is 24.6. The van der Waals surface area contributed by atoms with Crippen molar-refractivity contribution in [3.63, 3.8) is 0 Å². The predicted molar refractivity (Wildman–Crippen MR) is 262 cm³/mol. The number of aliphatic hydroxyl groups excluding tert-OH is 2. The van der Waals surface area contributed by atoms with E-state index in [2.05, 4.69) is 116 Å². The number of hydrogen-bond donors (Lipinski definition) is 3. The van der Waals surface area contributed by atoms with Crippen LogP contribution in [0.4, 0.5) is 0 Å². The average molecular weight is 816 g/mol. The van der Waals surface area contributed by atoms with Crippen molar-refractivity contribution in [3.8, 4) is 0 Å². The SMILES string of the molecule is CC/C=C\C/C=C\C/C=C\C/C=C\C/C=C\C/C=C\C/C=C\C/C=C\CCCCCCCCCCCCCCCCC(=O)NC(CO)C(O)/C=C/CCCCCCCC. The van der Waals surface area contributed by atoms with Gasteiger partial charge in [0.2, 0.25) is 5.91 Å².